The lowest BCUT2D eigenvalue weighted by Crippen LogP contribution is -2.52. The summed E-state index contributed by atoms with van der Waals surface area (Å²) in [5.74, 6) is -0.723. The Bertz CT molecular complexity index is 374. The first-order valence-electron chi connectivity index (χ1n) is 6.20. The maximum absolute atomic E-state index is 9.75. The van der Waals surface area contributed by atoms with Gasteiger partial charge in [-0.15, -0.1) is 0 Å². The molecule has 4 nitrogen and oxygen atoms in total. The maximum Gasteiger partial charge on any atom is 0.175 e. The van der Waals surface area contributed by atoms with Crippen LogP contribution < -0.4 is 0 Å². The molecule has 1 fully saturated rings. The van der Waals surface area contributed by atoms with Crippen LogP contribution in [0.15, 0.2) is 23.3 Å². The van der Waals surface area contributed by atoms with Crippen LogP contribution in [0.5, 0.6) is 0 Å². The van der Waals surface area contributed by atoms with Crippen LogP contribution in [0, 0.1) is 0 Å². The SMILES string of the molecule is OC1COC2(CC3=C(CCC=C3)CO2)CC1O. The molecule has 2 N–H and O–H groups in total. The smallest absolute Gasteiger partial charge is 0.175 e. The van der Waals surface area contributed by atoms with Crippen molar-refractivity contribution in [3.05, 3.63) is 23.3 Å². The summed E-state index contributed by atoms with van der Waals surface area (Å²) in [5.41, 5.74) is 2.63. The van der Waals surface area contributed by atoms with Gasteiger partial charge >= 0.3 is 0 Å². The molecule has 4 heteroatoms. The van der Waals surface area contributed by atoms with Crippen molar-refractivity contribution in [3.8, 4) is 0 Å². The van der Waals surface area contributed by atoms with Gasteiger partial charge in [0.25, 0.3) is 0 Å². The minimum atomic E-state index is -0.790. The van der Waals surface area contributed by atoms with Crippen molar-refractivity contribution in [2.45, 2.75) is 43.7 Å². The molecule has 3 rings (SSSR count). The standard InChI is InChI=1S/C13H18O4/c14-11-6-13(17-8-12(11)15)5-9-3-1-2-4-10(9)7-16-13/h1,3,11-12,14-15H,2,4-8H2. The molecule has 0 aromatic rings. The molecular weight excluding hydrogens is 220 g/mol. The molecule has 0 bridgehead atoms. The zero-order valence-electron chi connectivity index (χ0n) is 9.76. The van der Waals surface area contributed by atoms with E-state index in [0.29, 0.717) is 19.4 Å². The van der Waals surface area contributed by atoms with E-state index in [9.17, 15) is 10.2 Å². The molecule has 0 aromatic carbocycles. The molecule has 3 unspecified atom stereocenters. The maximum atomic E-state index is 9.75. The second kappa shape index (κ2) is 4.21. The number of ether oxygens (including phenoxy) is 2. The molecular formula is C13H18O4. The van der Waals surface area contributed by atoms with Crippen LogP contribution in [0.25, 0.3) is 0 Å². The highest BCUT2D eigenvalue weighted by molar-refractivity contribution is 5.32. The Balaban J connectivity index is 1.78. The van der Waals surface area contributed by atoms with Crippen LogP contribution in [0.2, 0.25) is 0 Å². The normalized spacial score (nSPS) is 41.8. The topological polar surface area (TPSA) is 58.9 Å². The summed E-state index contributed by atoms with van der Waals surface area (Å²) in [6, 6.07) is 0. The van der Waals surface area contributed by atoms with Crippen molar-refractivity contribution in [1.82, 2.24) is 0 Å². The van der Waals surface area contributed by atoms with Crippen molar-refractivity contribution in [2.75, 3.05) is 13.2 Å². The fourth-order valence-electron chi connectivity index (χ4n) is 2.76. The summed E-state index contributed by atoms with van der Waals surface area (Å²) in [4.78, 5) is 0. The minimum Gasteiger partial charge on any atom is -0.390 e. The van der Waals surface area contributed by atoms with Crippen LogP contribution in [-0.4, -0.2) is 41.4 Å². The average molecular weight is 238 g/mol. The third kappa shape index (κ3) is 2.06. The third-order valence-corrected chi connectivity index (χ3v) is 3.84. The van der Waals surface area contributed by atoms with E-state index in [2.05, 4.69) is 12.2 Å². The minimum absolute atomic E-state index is 0.146. The van der Waals surface area contributed by atoms with Gasteiger partial charge in [-0.2, -0.15) is 0 Å². The third-order valence-electron chi connectivity index (χ3n) is 3.84. The van der Waals surface area contributed by atoms with Crippen LogP contribution in [-0.2, 0) is 9.47 Å². The van der Waals surface area contributed by atoms with E-state index in [4.69, 9.17) is 9.47 Å². The van der Waals surface area contributed by atoms with Gasteiger partial charge in [0.1, 0.15) is 6.10 Å². The Morgan fingerprint density at radius 1 is 1.24 bits per heavy atom. The first-order valence-corrected chi connectivity index (χ1v) is 6.20. The molecule has 3 atom stereocenters. The summed E-state index contributed by atoms with van der Waals surface area (Å²) >= 11 is 0. The lowest BCUT2D eigenvalue weighted by atomic mass is 9.86. The fourth-order valence-corrected chi connectivity index (χ4v) is 2.76. The molecule has 17 heavy (non-hydrogen) atoms. The molecule has 0 radical (unpaired) electrons. The van der Waals surface area contributed by atoms with Gasteiger partial charge in [0.05, 0.1) is 19.3 Å². The van der Waals surface area contributed by atoms with Gasteiger partial charge < -0.3 is 19.7 Å². The van der Waals surface area contributed by atoms with Gasteiger partial charge in [-0.25, -0.2) is 0 Å². The number of aliphatic hydroxyl groups is 2. The molecule has 0 saturated carbocycles. The Labute approximate surface area is 101 Å². The second-order valence-corrected chi connectivity index (χ2v) is 5.10. The quantitative estimate of drug-likeness (QED) is 0.658. The molecule has 2 aliphatic heterocycles. The second-order valence-electron chi connectivity index (χ2n) is 5.10. The van der Waals surface area contributed by atoms with Gasteiger partial charge in [-0.1, -0.05) is 12.2 Å². The van der Waals surface area contributed by atoms with Crippen LogP contribution in [0.3, 0.4) is 0 Å². The van der Waals surface area contributed by atoms with E-state index < -0.39 is 18.0 Å². The van der Waals surface area contributed by atoms with E-state index in [0.717, 1.165) is 12.8 Å². The number of allylic oxidation sites excluding steroid dienone is 2. The summed E-state index contributed by atoms with van der Waals surface area (Å²) in [6.45, 7) is 0.732. The van der Waals surface area contributed by atoms with E-state index in [1.54, 1.807) is 0 Å². The Morgan fingerprint density at radius 2 is 2.12 bits per heavy atom. The molecule has 3 aliphatic rings. The van der Waals surface area contributed by atoms with Crippen molar-refractivity contribution >= 4 is 0 Å². The largest absolute Gasteiger partial charge is 0.390 e. The summed E-state index contributed by atoms with van der Waals surface area (Å²) in [6.07, 6.45) is 5.95. The van der Waals surface area contributed by atoms with Crippen LogP contribution >= 0.6 is 0 Å². The van der Waals surface area contributed by atoms with Gasteiger partial charge in [-0.05, 0) is 24.0 Å². The van der Waals surface area contributed by atoms with Crippen molar-refractivity contribution < 1.29 is 19.7 Å². The van der Waals surface area contributed by atoms with E-state index in [1.165, 1.54) is 11.1 Å². The highest BCUT2D eigenvalue weighted by Gasteiger charge is 2.44. The lowest BCUT2D eigenvalue weighted by molar-refractivity contribution is -0.291. The Morgan fingerprint density at radius 3 is 2.94 bits per heavy atom. The van der Waals surface area contributed by atoms with Crippen molar-refractivity contribution in [1.29, 1.82) is 0 Å². The van der Waals surface area contributed by atoms with Gasteiger partial charge in [-0.3, -0.25) is 0 Å². The monoisotopic (exact) mass is 238 g/mol. The van der Waals surface area contributed by atoms with Crippen molar-refractivity contribution in [3.63, 3.8) is 0 Å². The molecule has 1 spiro atoms. The molecule has 1 aliphatic carbocycles. The van der Waals surface area contributed by atoms with E-state index >= 15 is 0 Å². The highest BCUT2D eigenvalue weighted by atomic mass is 16.7. The van der Waals surface area contributed by atoms with Crippen molar-refractivity contribution in [2.24, 2.45) is 0 Å². The lowest BCUT2D eigenvalue weighted by Gasteiger charge is -2.44. The van der Waals surface area contributed by atoms with Crippen LogP contribution in [0.4, 0.5) is 0 Å². The zero-order chi connectivity index (χ0) is 11.9. The van der Waals surface area contributed by atoms with Crippen LogP contribution in [0.1, 0.15) is 25.7 Å². The summed E-state index contributed by atoms with van der Waals surface area (Å²) in [7, 11) is 0. The Kier molecular flexibility index (Phi) is 2.83. The van der Waals surface area contributed by atoms with Gasteiger partial charge in [0, 0.05) is 12.8 Å². The average Bonchev–Trinajstić information content (AvgIpc) is 2.34. The highest BCUT2D eigenvalue weighted by Crippen LogP contribution is 2.39. The van der Waals surface area contributed by atoms with E-state index in [-0.39, 0.29) is 6.61 Å². The number of aliphatic hydroxyl groups excluding tert-OH is 2. The molecule has 0 aromatic heterocycles. The first kappa shape index (κ1) is 11.4. The summed E-state index contributed by atoms with van der Waals surface area (Å²) < 4.78 is 11.4. The number of hydrogen-bond acceptors (Lipinski definition) is 4. The molecule has 1 saturated heterocycles. The number of hydrogen-bond donors (Lipinski definition) is 2. The zero-order valence-corrected chi connectivity index (χ0v) is 9.76. The summed E-state index contributed by atoms with van der Waals surface area (Å²) in [5, 5.41) is 19.2. The molecule has 0 amide bonds. The van der Waals surface area contributed by atoms with Gasteiger partial charge in [0.2, 0.25) is 0 Å². The predicted molar refractivity (Wildman–Crippen MR) is 61.3 cm³/mol. The molecule has 2 heterocycles. The molecule has 94 valence electrons. The van der Waals surface area contributed by atoms with Gasteiger partial charge in [0.15, 0.2) is 5.79 Å². The predicted octanol–water partition coefficient (Wildman–Crippen LogP) is 0.892. The Hall–Kier alpha value is -0.680. The number of rotatable bonds is 0. The van der Waals surface area contributed by atoms with E-state index in [1.807, 2.05) is 0 Å². The fraction of sp³-hybridized carbons (Fsp3) is 0.692. The first-order chi connectivity index (χ1) is 8.19.